The molecule has 1 aromatic heterocycles. The number of nitrogens with zero attached hydrogens (tertiary/aromatic N) is 2. The smallest absolute Gasteiger partial charge is 0.224 e. The molecule has 0 aliphatic rings. The first-order valence-corrected chi connectivity index (χ1v) is 9.25. The number of rotatable bonds is 3. The average Bonchev–Trinajstić information content (AvgIpc) is 2.76. The number of hydrogen-bond donors (Lipinski definition) is 0. The summed E-state index contributed by atoms with van der Waals surface area (Å²) in [5, 5.41) is 0. The second kappa shape index (κ2) is 9.00. The lowest BCUT2D eigenvalue weighted by atomic mass is 9.96. The van der Waals surface area contributed by atoms with Crippen molar-refractivity contribution in [3.05, 3.63) is 69.7 Å². The number of hydrogen-bond acceptors (Lipinski definition) is 2. The third kappa shape index (κ3) is 4.70. The first-order valence-electron chi connectivity index (χ1n) is 9.25. The van der Waals surface area contributed by atoms with Crippen LogP contribution in [0.25, 0.3) is 22.4 Å². The molecule has 0 amide bonds. The molecule has 0 unspecified atom stereocenters. The van der Waals surface area contributed by atoms with Crippen LogP contribution in [0.4, 0.5) is 70.2 Å². The van der Waals surface area contributed by atoms with Crippen LogP contribution in [0.2, 0.25) is 0 Å². The molecule has 0 fully saturated rings. The standard InChI is InChI=1S/C20H4F16N2/c1-18(29,30)4-2-3(37-17(38-4)20(34,35)36)5-9(21)11(23)6(12(24)10(5)22)7-13(25)15(27)8(19(31,32)33)16(28)14(7)26/h2H,1H3. The van der Waals surface area contributed by atoms with Gasteiger partial charge in [0.05, 0.1) is 22.4 Å². The fraction of sp³-hybridized carbons (Fsp3) is 0.200. The monoisotopic (exact) mass is 576 g/mol. The molecule has 0 aliphatic carbocycles. The molecule has 0 spiro atoms. The largest absolute Gasteiger partial charge is 0.451 e. The second-order valence-corrected chi connectivity index (χ2v) is 7.36. The summed E-state index contributed by atoms with van der Waals surface area (Å²) < 4.78 is 220. The van der Waals surface area contributed by atoms with Crippen LogP contribution in [0.15, 0.2) is 6.07 Å². The molecule has 0 atom stereocenters. The first-order chi connectivity index (χ1) is 17.1. The molecule has 0 saturated heterocycles. The van der Waals surface area contributed by atoms with Gasteiger partial charge < -0.3 is 0 Å². The number of benzene rings is 2. The molecule has 3 rings (SSSR count). The summed E-state index contributed by atoms with van der Waals surface area (Å²) in [5.74, 6) is -31.3. The summed E-state index contributed by atoms with van der Waals surface area (Å²) in [5.41, 5.74) is -14.6. The minimum Gasteiger partial charge on any atom is -0.224 e. The molecule has 0 saturated carbocycles. The lowest BCUT2D eigenvalue weighted by Gasteiger charge is -2.18. The zero-order valence-electron chi connectivity index (χ0n) is 17.5. The van der Waals surface area contributed by atoms with E-state index in [1.807, 2.05) is 0 Å². The molecule has 0 bridgehead atoms. The molecule has 0 aliphatic heterocycles. The molecular formula is C20H4F16N2. The van der Waals surface area contributed by atoms with E-state index in [2.05, 4.69) is 9.97 Å². The highest BCUT2D eigenvalue weighted by molar-refractivity contribution is 5.73. The van der Waals surface area contributed by atoms with Crippen LogP contribution in [0.1, 0.15) is 24.0 Å². The second-order valence-electron chi connectivity index (χ2n) is 7.36. The third-order valence-corrected chi connectivity index (χ3v) is 4.75. The van der Waals surface area contributed by atoms with Crippen molar-refractivity contribution < 1.29 is 70.2 Å². The molecular weight excluding hydrogens is 572 g/mol. The fourth-order valence-electron chi connectivity index (χ4n) is 3.10. The van der Waals surface area contributed by atoms with Gasteiger partial charge in [-0.2, -0.15) is 35.1 Å². The van der Waals surface area contributed by atoms with Crippen LogP contribution < -0.4 is 0 Å². The van der Waals surface area contributed by atoms with Crippen LogP contribution >= 0.6 is 0 Å². The quantitative estimate of drug-likeness (QED) is 0.233. The van der Waals surface area contributed by atoms with E-state index < -0.39 is 104 Å². The Morgan fingerprint density at radius 3 is 1.21 bits per heavy atom. The summed E-state index contributed by atoms with van der Waals surface area (Å²) in [7, 11) is 0. The molecule has 0 radical (unpaired) electrons. The van der Waals surface area contributed by atoms with Crippen molar-refractivity contribution in [1.82, 2.24) is 9.97 Å². The maximum absolute atomic E-state index is 14.7. The minimum absolute atomic E-state index is 0.0322. The van der Waals surface area contributed by atoms with Crippen molar-refractivity contribution in [1.29, 1.82) is 0 Å². The van der Waals surface area contributed by atoms with Crippen molar-refractivity contribution in [2.24, 2.45) is 0 Å². The highest BCUT2D eigenvalue weighted by Crippen LogP contribution is 2.44. The Labute approximate surface area is 198 Å². The molecule has 3 aromatic rings. The van der Waals surface area contributed by atoms with Crippen molar-refractivity contribution >= 4 is 0 Å². The third-order valence-electron chi connectivity index (χ3n) is 4.75. The van der Waals surface area contributed by atoms with Crippen LogP contribution in [0, 0.1) is 46.5 Å². The molecule has 18 heteroatoms. The van der Waals surface area contributed by atoms with Crippen molar-refractivity contribution in [2.75, 3.05) is 0 Å². The van der Waals surface area contributed by atoms with Gasteiger partial charge in [-0.25, -0.2) is 45.1 Å². The topological polar surface area (TPSA) is 25.8 Å². The Hall–Kier alpha value is -3.60. The van der Waals surface area contributed by atoms with E-state index in [0.29, 0.717) is 0 Å². The van der Waals surface area contributed by atoms with Gasteiger partial charge in [-0.3, -0.25) is 0 Å². The predicted molar refractivity (Wildman–Crippen MR) is 92.1 cm³/mol. The maximum Gasteiger partial charge on any atom is 0.451 e. The Kier molecular flexibility index (Phi) is 6.86. The van der Waals surface area contributed by atoms with Gasteiger partial charge in [0.2, 0.25) is 5.82 Å². The summed E-state index contributed by atoms with van der Waals surface area (Å²) in [6.45, 7) is -0.0322. The molecule has 2 aromatic carbocycles. The normalized spacial score (nSPS) is 12.9. The fourth-order valence-corrected chi connectivity index (χ4v) is 3.10. The van der Waals surface area contributed by atoms with Gasteiger partial charge in [-0.15, -0.1) is 0 Å². The Bertz CT molecular complexity index is 1360. The number of alkyl halides is 8. The summed E-state index contributed by atoms with van der Waals surface area (Å²) in [6.07, 6.45) is -11.8. The molecule has 0 N–H and O–H groups in total. The van der Waals surface area contributed by atoms with Gasteiger partial charge in [0, 0.05) is 6.92 Å². The Morgan fingerprint density at radius 1 is 0.500 bits per heavy atom. The van der Waals surface area contributed by atoms with E-state index in [9.17, 15) is 70.2 Å². The zero-order valence-corrected chi connectivity index (χ0v) is 17.5. The van der Waals surface area contributed by atoms with Gasteiger partial charge in [0.1, 0.15) is 11.3 Å². The average molecular weight is 576 g/mol. The lowest BCUT2D eigenvalue weighted by molar-refractivity contribution is -0.145. The van der Waals surface area contributed by atoms with E-state index in [0.717, 1.165) is 0 Å². The summed E-state index contributed by atoms with van der Waals surface area (Å²) >= 11 is 0. The van der Waals surface area contributed by atoms with E-state index in [1.54, 1.807) is 0 Å². The minimum atomic E-state index is -6.10. The first kappa shape index (κ1) is 29.0. The molecule has 1 heterocycles. The SMILES string of the molecule is CC(F)(F)c1cc(-c2c(F)c(F)c(-c3c(F)c(F)c(C(F)(F)F)c(F)c3F)c(F)c2F)nc(C(F)(F)F)n1. The Morgan fingerprint density at radius 2 is 0.868 bits per heavy atom. The highest BCUT2D eigenvalue weighted by atomic mass is 19.4. The number of halogens is 16. The van der Waals surface area contributed by atoms with Gasteiger partial charge in [-0.1, -0.05) is 0 Å². The molecule has 206 valence electrons. The predicted octanol–water partition coefficient (Wildman–Crippen LogP) is 8.07. The van der Waals surface area contributed by atoms with E-state index in [1.165, 1.54) is 0 Å². The van der Waals surface area contributed by atoms with Gasteiger partial charge in [0.25, 0.3) is 5.92 Å². The molecule has 38 heavy (non-hydrogen) atoms. The van der Waals surface area contributed by atoms with Crippen LogP contribution in [0.5, 0.6) is 0 Å². The van der Waals surface area contributed by atoms with Crippen LogP contribution in [-0.2, 0) is 18.3 Å². The van der Waals surface area contributed by atoms with Crippen molar-refractivity contribution in [2.45, 2.75) is 25.2 Å². The summed E-state index contributed by atoms with van der Waals surface area (Å²) in [4.78, 5) is 4.97. The summed E-state index contributed by atoms with van der Waals surface area (Å²) in [6, 6.07) is -0.228. The number of aromatic nitrogens is 2. The van der Waals surface area contributed by atoms with Crippen LogP contribution in [0.3, 0.4) is 0 Å². The highest BCUT2D eigenvalue weighted by Gasteiger charge is 2.44. The van der Waals surface area contributed by atoms with Crippen molar-refractivity contribution in [3.63, 3.8) is 0 Å². The van der Waals surface area contributed by atoms with E-state index in [-0.39, 0.29) is 13.0 Å². The van der Waals surface area contributed by atoms with Crippen molar-refractivity contribution in [3.8, 4) is 22.4 Å². The van der Waals surface area contributed by atoms with Gasteiger partial charge in [-0.05, 0) is 6.07 Å². The van der Waals surface area contributed by atoms with Crippen LogP contribution in [-0.4, -0.2) is 9.97 Å². The lowest BCUT2D eigenvalue weighted by Crippen LogP contribution is -2.19. The maximum atomic E-state index is 14.7. The van der Waals surface area contributed by atoms with Gasteiger partial charge >= 0.3 is 12.4 Å². The van der Waals surface area contributed by atoms with Gasteiger partial charge in [0.15, 0.2) is 46.5 Å². The Balaban J connectivity index is 2.44. The molecule has 2 nitrogen and oxygen atoms in total. The van der Waals surface area contributed by atoms with E-state index in [4.69, 9.17) is 0 Å². The zero-order chi connectivity index (χ0) is 29.3. The van der Waals surface area contributed by atoms with E-state index >= 15 is 0 Å².